The SMILES string of the molecule is COc1ccccc1/C=N/n1c(-c2ccc(C)cc2)n[nH]c1=S. The van der Waals surface area contributed by atoms with Crippen molar-refractivity contribution in [2.45, 2.75) is 6.92 Å². The average molecular weight is 324 g/mol. The molecule has 0 bridgehead atoms. The molecule has 3 rings (SSSR count). The zero-order chi connectivity index (χ0) is 16.2. The Balaban J connectivity index is 2.01. The molecule has 0 fully saturated rings. The van der Waals surface area contributed by atoms with Crippen molar-refractivity contribution in [3.63, 3.8) is 0 Å². The molecule has 0 amide bonds. The predicted molar refractivity (Wildman–Crippen MR) is 93.6 cm³/mol. The summed E-state index contributed by atoms with van der Waals surface area (Å²) in [6.45, 7) is 2.04. The van der Waals surface area contributed by atoms with E-state index in [-0.39, 0.29) is 0 Å². The van der Waals surface area contributed by atoms with Crippen LogP contribution in [-0.4, -0.2) is 28.2 Å². The van der Waals surface area contributed by atoms with Crippen molar-refractivity contribution in [1.82, 2.24) is 14.9 Å². The van der Waals surface area contributed by atoms with E-state index in [1.165, 1.54) is 5.56 Å². The molecule has 5 nitrogen and oxygen atoms in total. The van der Waals surface area contributed by atoms with E-state index in [0.29, 0.717) is 10.6 Å². The third kappa shape index (κ3) is 3.22. The summed E-state index contributed by atoms with van der Waals surface area (Å²) in [4.78, 5) is 0. The lowest BCUT2D eigenvalue weighted by Gasteiger charge is -2.04. The molecule has 0 unspecified atom stereocenters. The number of ether oxygens (including phenoxy) is 1. The van der Waals surface area contributed by atoms with Crippen LogP contribution in [0, 0.1) is 11.7 Å². The lowest BCUT2D eigenvalue weighted by atomic mass is 10.1. The number of hydrogen-bond acceptors (Lipinski definition) is 4. The van der Waals surface area contributed by atoms with E-state index in [2.05, 4.69) is 15.3 Å². The molecule has 116 valence electrons. The van der Waals surface area contributed by atoms with Crippen molar-refractivity contribution in [1.29, 1.82) is 0 Å². The molecule has 0 aliphatic carbocycles. The van der Waals surface area contributed by atoms with Crippen molar-refractivity contribution in [2.24, 2.45) is 5.10 Å². The van der Waals surface area contributed by atoms with Crippen molar-refractivity contribution in [2.75, 3.05) is 7.11 Å². The summed E-state index contributed by atoms with van der Waals surface area (Å²) in [6.07, 6.45) is 1.71. The summed E-state index contributed by atoms with van der Waals surface area (Å²) in [5, 5.41) is 11.5. The van der Waals surface area contributed by atoms with E-state index in [4.69, 9.17) is 17.0 Å². The van der Waals surface area contributed by atoms with E-state index in [1.54, 1.807) is 18.0 Å². The van der Waals surface area contributed by atoms with Crippen LogP contribution in [0.5, 0.6) is 5.75 Å². The molecule has 1 N–H and O–H groups in total. The minimum atomic E-state index is 0.437. The molecule has 2 aromatic carbocycles. The molecule has 0 radical (unpaired) electrons. The standard InChI is InChI=1S/C17H16N4OS/c1-12-7-9-13(10-8-12)16-19-20-17(23)21(16)18-11-14-5-3-4-6-15(14)22-2/h3-11H,1-2H3,(H,20,23)/b18-11+. The lowest BCUT2D eigenvalue weighted by molar-refractivity contribution is 0.414. The first kappa shape index (κ1) is 15.2. The molecule has 0 spiro atoms. The van der Waals surface area contributed by atoms with E-state index >= 15 is 0 Å². The van der Waals surface area contributed by atoms with Gasteiger partial charge in [0.1, 0.15) is 5.75 Å². The van der Waals surface area contributed by atoms with Gasteiger partial charge in [-0.3, -0.25) is 0 Å². The van der Waals surface area contributed by atoms with Gasteiger partial charge in [0.05, 0.1) is 13.3 Å². The fourth-order valence-electron chi connectivity index (χ4n) is 2.18. The van der Waals surface area contributed by atoms with Gasteiger partial charge in [-0.1, -0.05) is 42.0 Å². The highest BCUT2D eigenvalue weighted by Gasteiger charge is 2.08. The molecule has 6 heteroatoms. The summed E-state index contributed by atoms with van der Waals surface area (Å²) >= 11 is 5.28. The Morgan fingerprint density at radius 1 is 1.17 bits per heavy atom. The average Bonchev–Trinajstić information content (AvgIpc) is 2.94. The highest BCUT2D eigenvalue weighted by molar-refractivity contribution is 7.71. The molecule has 1 heterocycles. The Kier molecular flexibility index (Phi) is 4.34. The summed E-state index contributed by atoms with van der Waals surface area (Å²) in [6, 6.07) is 15.7. The highest BCUT2D eigenvalue weighted by atomic mass is 32.1. The van der Waals surface area contributed by atoms with E-state index in [1.807, 2.05) is 55.5 Å². The van der Waals surface area contributed by atoms with Crippen LogP contribution in [0.25, 0.3) is 11.4 Å². The number of nitrogens with zero attached hydrogens (tertiary/aromatic N) is 3. The van der Waals surface area contributed by atoms with Gasteiger partial charge >= 0.3 is 0 Å². The zero-order valence-electron chi connectivity index (χ0n) is 12.9. The van der Waals surface area contributed by atoms with Crippen LogP contribution in [0.4, 0.5) is 0 Å². The maximum atomic E-state index is 5.32. The quantitative estimate of drug-likeness (QED) is 0.586. The van der Waals surface area contributed by atoms with Gasteiger partial charge in [-0.15, -0.1) is 0 Å². The maximum Gasteiger partial charge on any atom is 0.216 e. The molecule has 1 aromatic heterocycles. The first-order valence-electron chi connectivity index (χ1n) is 7.11. The summed E-state index contributed by atoms with van der Waals surface area (Å²) < 4.78 is 7.36. The summed E-state index contributed by atoms with van der Waals surface area (Å²) in [7, 11) is 1.63. The Morgan fingerprint density at radius 2 is 1.91 bits per heavy atom. The van der Waals surface area contributed by atoms with Crippen LogP contribution in [0.15, 0.2) is 53.6 Å². The van der Waals surface area contributed by atoms with E-state index in [9.17, 15) is 0 Å². The van der Waals surface area contributed by atoms with Crippen LogP contribution in [0.1, 0.15) is 11.1 Å². The summed E-state index contributed by atoms with van der Waals surface area (Å²) in [5.41, 5.74) is 3.00. The third-order valence-corrected chi connectivity index (χ3v) is 3.68. The largest absolute Gasteiger partial charge is 0.496 e. The Hall–Kier alpha value is -2.73. The molecular weight excluding hydrogens is 308 g/mol. The second-order valence-corrected chi connectivity index (χ2v) is 5.40. The Morgan fingerprint density at radius 3 is 2.65 bits per heavy atom. The smallest absolute Gasteiger partial charge is 0.216 e. The molecule has 0 aliphatic rings. The lowest BCUT2D eigenvalue weighted by Crippen LogP contribution is -1.96. The topological polar surface area (TPSA) is 55.2 Å². The number of benzene rings is 2. The van der Waals surface area contributed by atoms with Crippen molar-refractivity contribution < 1.29 is 4.74 Å². The monoisotopic (exact) mass is 324 g/mol. The second kappa shape index (κ2) is 6.58. The van der Waals surface area contributed by atoms with Gasteiger partial charge in [0, 0.05) is 11.1 Å². The number of rotatable bonds is 4. The van der Waals surface area contributed by atoms with Crippen LogP contribution >= 0.6 is 12.2 Å². The summed E-state index contributed by atoms with van der Waals surface area (Å²) in [5.74, 6) is 1.42. The molecule has 0 saturated heterocycles. The van der Waals surface area contributed by atoms with E-state index < -0.39 is 0 Å². The van der Waals surface area contributed by atoms with Crippen molar-refractivity contribution in [3.8, 4) is 17.1 Å². The van der Waals surface area contributed by atoms with Crippen LogP contribution in [0.3, 0.4) is 0 Å². The van der Waals surface area contributed by atoms with Gasteiger partial charge in [0.25, 0.3) is 0 Å². The zero-order valence-corrected chi connectivity index (χ0v) is 13.7. The number of hydrogen-bond donors (Lipinski definition) is 1. The molecule has 0 saturated carbocycles. The molecule has 0 aliphatic heterocycles. The van der Waals surface area contributed by atoms with Gasteiger partial charge in [0.15, 0.2) is 5.82 Å². The van der Waals surface area contributed by atoms with Crippen LogP contribution in [-0.2, 0) is 0 Å². The number of para-hydroxylation sites is 1. The van der Waals surface area contributed by atoms with Gasteiger partial charge < -0.3 is 4.74 Å². The molecule has 0 atom stereocenters. The van der Waals surface area contributed by atoms with Crippen LogP contribution in [0.2, 0.25) is 0 Å². The Labute approximate surface area is 139 Å². The van der Waals surface area contributed by atoms with Gasteiger partial charge in [-0.25, -0.2) is 5.10 Å². The maximum absolute atomic E-state index is 5.32. The van der Waals surface area contributed by atoms with Crippen molar-refractivity contribution in [3.05, 3.63) is 64.4 Å². The number of H-pyrrole nitrogens is 1. The predicted octanol–water partition coefficient (Wildman–Crippen LogP) is 3.81. The van der Waals surface area contributed by atoms with Gasteiger partial charge in [-0.05, 0) is 31.3 Å². The molecule has 23 heavy (non-hydrogen) atoms. The highest BCUT2D eigenvalue weighted by Crippen LogP contribution is 2.19. The number of aromatic amines is 1. The minimum Gasteiger partial charge on any atom is -0.496 e. The first-order valence-corrected chi connectivity index (χ1v) is 7.51. The number of aryl methyl sites for hydroxylation is 1. The van der Waals surface area contributed by atoms with Crippen LogP contribution < -0.4 is 4.74 Å². The van der Waals surface area contributed by atoms with Crippen molar-refractivity contribution >= 4 is 18.4 Å². The van der Waals surface area contributed by atoms with Gasteiger partial charge in [-0.2, -0.15) is 14.9 Å². The number of nitrogens with one attached hydrogen (secondary N) is 1. The van der Waals surface area contributed by atoms with E-state index in [0.717, 1.165) is 16.9 Å². The third-order valence-electron chi connectivity index (χ3n) is 3.41. The number of methoxy groups -OCH3 is 1. The molecule has 3 aromatic rings. The normalized spacial score (nSPS) is 11.0. The fourth-order valence-corrected chi connectivity index (χ4v) is 2.36. The second-order valence-electron chi connectivity index (χ2n) is 5.02. The number of aromatic nitrogens is 3. The fraction of sp³-hybridized carbons (Fsp3) is 0.118. The molecular formula is C17H16N4OS. The minimum absolute atomic E-state index is 0.437. The first-order chi connectivity index (χ1) is 11.2. The van der Waals surface area contributed by atoms with Gasteiger partial charge in [0.2, 0.25) is 4.77 Å². The Bertz CT molecular complexity index is 893.